The second-order valence-electron chi connectivity index (χ2n) is 12.0. The lowest BCUT2D eigenvalue weighted by Crippen LogP contribution is -2.52. The van der Waals surface area contributed by atoms with Gasteiger partial charge in [0, 0.05) is 44.3 Å². The largest absolute Gasteiger partial charge is 0.497 e. The minimum absolute atomic E-state index is 0.183. The lowest BCUT2D eigenvalue weighted by molar-refractivity contribution is -0.132. The van der Waals surface area contributed by atoms with Gasteiger partial charge >= 0.3 is 0 Å². The predicted molar refractivity (Wildman–Crippen MR) is 163 cm³/mol. The molecule has 43 heavy (non-hydrogen) atoms. The van der Waals surface area contributed by atoms with Crippen LogP contribution < -0.4 is 20.3 Å². The highest BCUT2D eigenvalue weighted by Crippen LogP contribution is 2.30. The van der Waals surface area contributed by atoms with E-state index in [1.165, 1.54) is 36.0 Å². The van der Waals surface area contributed by atoms with Crippen molar-refractivity contribution in [2.24, 2.45) is 11.8 Å². The first kappa shape index (κ1) is 31.3. The molecule has 2 fully saturated rings. The Morgan fingerprint density at radius 1 is 1.00 bits per heavy atom. The number of piperidine rings is 1. The van der Waals surface area contributed by atoms with Crippen molar-refractivity contribution < 1.29 is 27.1 Å². The number of fused-ring (bicyclic) bond motifs is 1. The van der Waals surface area contributed by atoms with Crippen molar-refractivity contribution in [2.75, 3.05) is 44.7 Å². The Bertz CT molecular complexity index is 1370. The number of hydrogen-bond donors (Lipinski definition) is 2. The van der Waals surface area contributed by atoms with Crippen LogP contribution in [0.1, 0.15) is 56.9 Å². The average Bonchev–Trinajstić information content (AvgIpc) is 3.42. The van der Waals surface area contributed by atoms with E-state index in [1.807, 2.05) is 0 Å². The summed E-state index contributed by atoms with van der Waals surface area (Å²) >= 11 is 0. The number of carbonyl (C=O) groups is 2. The molecule has 1 saturated carbocycles. The van der Waals surface area contributed by atoms with Crippen LogP contribution in [0.4, 0.5) is 10.1 Å². The average molecular weight is 615 g/mol. The number of carbonyl (C=O) groups excluding carboxylic acids is 2. The van der Waals surface area contributed by atoms with Gasteiger partial charge in [-0.05, 0) is 79.6 Å². The minimum atomic E-state index is -3.67. The van der Waals surface area contributed by atoms with Crippen LogP contribution >= 0.6 is 0 Å². The molecule has 234 valence electrons. The fraction of sp³-hybridized carbons (Fsp3) is 0.562. The molecule has 1 saturated heterocycles. The summed E-state index contributed by atoms with van der Waals surface area (Å²) in [5.41, 5.74) is 1.99. The molecule has 2 aliphatic heterocycles. The molecular weight excluding hydrogens is 571 g/mol. The molecule has 0 spiro atoms. The molecule has 0 unspecified atom stereocenters. The molecule has 2 amide bonds. The van der Waals surface area contributed by atoms with Gasteiger partial charge in [-0.25, -0.2) is 12.8 Å². The smallest absolute Gasteiger partial charge is 0.243 e. The molecule has 0 bridgehead atoms. The summed E-state index contributed by atoms with van der Waals surface area (Å²) in [4.78, 5) is 29.1. The number of anilines is 1. The van der Waals surface area contributed by atoms with Crippen LogP contribution in [0.3, 0.4) is 0 Å². The zero-order chi connectivity index (χ0) is 30.4. The van der Waals surface area contributed by atoms with Gasteiger partial charge in [-0.15, -0.1) is 0 Å². The van der Waals surface area contributed by atoms with Gasteiger partial charge in [0.1, 0.15) is 17.6 Å². The van der Waals surface area contributed by atoms with Crippen LogP contribution in [0.25, 0.3) is 0 Å². The fourth-order valence-corrected chi connectivity index (χ4v) is 8.11. The molecule has 9 nitrogen and oxygen atoms in total. The maximum Gasteiger partial charge on any atom is 0.243 e. The lowest BCUT2D eigenvalue weighted by atomic mass is 9.84. The van der Waals surface area contributed by atoms with E-state index in [0.717, 1.165) is 49.9 Å². The van der Waals surface area contributed by atoms with Crippen molar-refractivity contribution in [1.29, 1.82) is 0 Å². The van der Waals surface area contributed by atoms with E-state index < -0.39 is 16.1 Å². The Kier molecular flexibility index (Phi) is 10.2. The van der Waals surface area contributed by atoms with Crippen molar-refractivity contribution in [1.82, 2.24) is 14.9 Å². The molecule has 3 aliphatic rings. The molecule has 0 aromatic heterocycles. The first-order valence-electron chi connectivity index (χ1n) is 15.5. The SMILES string of the molecule is COc1ccc(S(=O)(=O)N2CCC(C(=O)N[C@@H](CC3CCCCC3)C(=O)NCCN3CCc4cc(F)ccc43)CC2)cc1. The maximum atomic E-state index is 13.6. The summed E-state index contributed by atoms with van der Waals surface area (Å²) in [5.74, 6) is 0.0102. The second-order valence-corrected chi connectivity index (χ2v) is 13.9. The Morgan fingerprint density at radius 2 is 1.72 bits per heavy atom. The number of benzene rings is 2. The van der Waals surface area contributed by atoms with Crippen LogP contribution in [0.2, 0.25) is 0 Å². The highest BCUT2D eigenvalue weighted by atomic mass is 32.2. The number of methoxy groups -OCH3 is 1. The number of nitrogens with zero attached hydrogens (tertiary/aromatic N) is 2. The van der Waals surface area contributed by atoms with E-state index in [-0.39, 0.29) is 41.5 Å². The zero-order valence-electron chi connectivity index (χ0n) is 24.9. The van der Waals surface area contributed by atoms with Gasteiger partial charge in [-0.1, -0.05) is 32.1 Å². The van der Waals surface area contributed by atoms with Crippen LogP contribution in [-0.4, -0.2) is 70.4 Å². The molecule has 2 aromatic carbocycles. The lowest BCUT2D eigenvalue weighted by Gasteiger charge is -2.32. The quantitative estimate of drug-likeness (QED) is 0.398. The minimum Gasteiger partial charge on any atom is -0.497 e. The van der Waals surface area contributed by atoms with E-state index in [4.69, 9.17) is 4.74 Å². The summed E-state index contributed by atoms with van der Waals surface area (Å²) in [6, 6.07) is 10.5. The monoisotopic (exact) mass is 614 g/mol. The summed E-state index contributed by atoms with van der Waals surface area (Å²) < 4.78 is 46.4. The highest BCUT2D eigenvalue weighted by molar-refractivity contribution is 7.89. The van der Waals surface area contributed by atoms with Crippen molar-refractivity contribution in [2.45, 2.75) is 68.7 Å². The highest BCUT2D eigenvalue weighted by Gasteiger charge is 2.34. The number of sulfonamides is 1. The van der Waals surface area contributed by atoms with Gasteiger partial charge in [-0.3, -0.25) is 9.59 Å². The Labute approximate surface area is 254 Å². The van der Waals surface area contributed by atoms with Gasteiger partial charge in [0.15, 0.2) is 0 Å². The molecule has 2 aromatic rings. The molecule has 2 N–H and O–H groups in total. The fourth-order valence-electron chi connectivity index (χ4n) is 6.64. The van der Waals surface area contributed by atoms with Crippen LogP contribution in [-0.2, 0) is 26.0 Å². The Balaban J connectivity index is 1.15. The van der Waals surface area contributed by atoms with Crippen LogP contribution in [0.5, 0.6) is 5.75 Å². The van der Waals surface area contributed by atoms with Crippen molar-refractivity contribution >= 4 is 27.5 Å². The summed E-state index contributed by atoms with van der Waals surface area (Å²) in [6.07, 6.45) is 7.79. The Hall–Kier alpha value is -3.18. The van der Waals surface area contributed by atoms with E-state index in [9.17, 15) is 22.4 Å². The molecule has 0 radical (unpaired) electrons. The summed E-state index contributed by atoms with van der Waals surface area (Å²) in [5, 5.41) is 6.08. The first-order valence-corrected chi connectivity index (χ1v) is 16.9. The van der Waals surface area contributed by atoms with Gasteiger partial charge in [0.05, 0.1) is 12.0 Å². The van der Waals surface area contributed by atoms with Gasteiger partial charge in [0.2, 0.25) is 21.8 Å². The van der Waals surface area contributed by atoms with Gasteiger partial charge < -0.3 is 20.3 Å². The van der Waals surface area contributed by atoms with E-state index in [2.05, 4.69) is 15.5 Å². The number of ether oxygens (including phenoxy) is 1. The summed E-state index contributed by atoms with van der Waals surface area (Å²) in [7, 11) is -2.14. The standard InChI is InChI=1S/C32H43FN4O5S/c1-42-27-8-10-28(11-9-27)43(40,41)37-18-14-24(15-19-37)31(38)35-29(21-23-5-3-2-4-6-23)32(39)34-16-20-36-17-13-25-22-26(33)7-12-30(25)36/h7-12,22-24,29H,2-6,13-21H2,1H3,(H,34,39)(H,35,38)/t29-/m0/s1. The van der Waals surface area contributed by atoms with E-state index in [0.29, 0.717) is 44.0 Å². The Morgan fingerprint density at radius 3 is 2.42 bits per heavy atom. The van der Waals surface area contributed by atoms with E-state index >= 15 is 0 Å². The zero-order valence-corrected chi connectivity index (χ0v) is 25.7. The first-order chi connectivity index (χ1) is 20.7. The number of rotatable bonds is 11. The van der Waals surface area contributed by atoms with Crippen LogP contribution in [0.15, 0.2) is 47.4 Å². The molecule has 11 heteroatoms. The van der Waals surface area contributed by atoms with Crippen molar-refractivity contribution in [3.05, 3.63) is 53.8 Å². The third-order valence-corrected chi connectivity index (χ3v) is 11.1. The number of amides is 2. The number of hydrogen-bond acceptors (Lipinski definition) is 6. The molecular formula is C32H43FN4O5S. The third-order valence-electron chi connectivity index (χ3n) is 9.16. The van der Waals surface area contributed by atoms with E-state index in [1.54, 1.807) is 24.3 Å². The number of nitrogens with one attached hydrogen (secondary N) is 2. The topological polar surface area (TPSA) is 108 Å². The molecule has 2 heterocycles. The van der Waals surface area contributed by atoms with Crippen molar-refractivity contribution in [3.63, 3.8) is 0 Å². The van der Waals surface area contributed by atoms with Crippen molar-refractivity contribution in [3.8, 4) is 5.75 Å². The van der Waals surface area contributed by atoms with Gasteiger partial charge in [-0.2, -0.15) is 4.31 Å². The number of halogens is 1. The molecule has 5 rings (SSSR count). The normalized spacial score (nSPS) is 19.1. The van der Waals surface area contributed by atoms with Crippen LogP contribution in [0, 0.1) is 17.7 Å². The second kappa shape index (κ2) is 14.1. The summed E-state index contributed by atoms with van der Waals surface area (Å²) in [6.45, 7) is 2.30. The third kappa shape index (κ3) is 7.67. The maximum absolute atomic E-state index is 13.6. The molecule has 1 aliphatic carbocycles. The molecule has 1 atom stereocenters. The predicted octanol–water partition coefficient (Wildman–Crippen LogP) is 3.87. The van der Waals surface area contributed by atoms with Gasteiger partial charge in [0.25, 0.3) is 0 Å².